The monoisotopic (exact) mass is 466 g/mol. The summed E-state index contributed by atoms with van der Waals surface area (Å²) in [7, 11) is 0. The van der Waals surface area contributed by atoms with Gasteiger partial charge in [0.05, 0.1) is 6.10 Å². The van der Waals surface area contributed by atoms with Gasteiger partial charge in [-0.05, 0) is 79.4 Å². The number of hydrogen-bond acceptors (Lipinski definition) is 7. The molecule has 1 aliphatic heterocycles. The molecule has 0 aromatic carbocycles. The van der Waals surface area contributed by atoms with E-state index in [1.807, 2.05) is 0 Å². The van der Waals surface area contributed by atoms with E-state index >= 15 is 0 Å². The summed E-state index contributed by atoms with van der Waals surface area (Å²) in [5, 5.41) is 39.9. The van der Waals surface area contributed by atoms with Gasteiger partial charge in [-0.25, -0.2) is 4.79 Å². The van der Waals surface area contributed by atoms with E-state index in [1.54, 1.807) is 0 Å². The van der Waals surface area contributed by atoms with Crippen LogP contribution in [0.25, 0.3) is 0 Å². The molecule has 5 aliphatic rings. The Morgan fingerprint density at radius 3 is 2.39 bits per heavy atom. The van der Waals surface area contributed by atoms with E-state index in [1.165, 1.54) is 0 Å². The lowest BCUT2D eigenvalue weighted by Crippen LogP contribution is -2.61. The van der Waals surface area contributed by atoms with Gasteiger partial charge in [-0.2, -0.15) is 0 Å². The van der Waals surface area contributed by atoms with E-state index in [-0.39, 0.29) is 16.9 Å². The molecule has 0 radical (unpaired) electrons. The summed E-state index contributed by atoms with van der Waals surface area (Å²) < 4.78 is 11.6. The van der Waals surface area contributed by atoms with Gasteiger partial charge >= 0.3 is 5.97 Å². The highest BCUT2D eigenvalue weighted by Gasteiger charge is 2.61. The third kappa shape index (κ3) is 3.59. The minimum atomic E-state index is -1.71. The Bertz CT molecular complexity index is 801. The second-order valence-electron chi connectivity index (χ2n) is 11.9. The molecule has 12 atom stereocenters. The average molecular weight is 467 g/mol. The summed E-state index contributed by atoms with van der Waals surface area (Å²) in [6, 6.07) is 0. The molecule has 4 N–H and O–H groups in total. The van der Waals surface area contributed by atoms with Crippen molar-refractivity contribution in [3.05, 3.63) is 0 Å². The van der Waals surface area contributed by atoms with Crippen LogP contribution < -0.4 is 0 Å². The van der Waals surface area contributed by atoms with Crippen molar-refractivity contribution in [1.29, 1.82) is 0 Å². The van der Waals surface area contributed by atoms with E-state index in [4.69, 9.17) is 9.47 Å². The SMILES string of the molecule is C[C@]12CCC(=O)CC1CCC1C2CC[C@@]2(C)C1CC[C@@H]2OC1O[C@H](C(=O)O)[C@@H](O)[C@H](O)[C@H]1O. The van der Waals surface area contributed by atoms with Crippen molar-refractivity contribution in [2.45, 2.75) is 108 Å². The number of aliphatic carboxylic acids is 1. The van der Waals surface area contributed by atoms with Crippen molar-refractivity contribution in [3.8, 4) is 0 Å². The zero-order valence-corrected chi connectivity index (χ0v) is 19.6. The van der Waals surface area contributed by atoms with Crippen molar-refractivity contribution in [1.82, 2.24) is 0 Å². The van der Waals surface area contributed by atoms with Crippen molar-refractivity contribution in [2.75, 3.05) is 0 Å². The van der Waals surface area contributed by atoms with Crippen molar-refractivity contribution < 1.29 is 39.5 Å². The van der Waals surface area contributed by atoms with Gasteiger partial charge in [0, 0.05) is 12.8 Å². The van der Waals surface area contributed by atoms with Crippen molar-refractivity contribution in [3.63, 3.8) is 0 Å². The number of hydrogen-bond donors (Lipinski definition) is 4. The zero-order valence-electron chi connectivity index (χ0n) is 19.6. The molecular formula is C25H38O8. The van der Waals surface area contributed by atoms with Gasteiger partial charge < -0.3 is 29.9 Å². The second-order valence-corrected chi connectivity index (χ2v) is 11.9. The Labute approximate surface area is 194 Å². The third-order valence-corrected chi connectivity index (χ3v) is 10.5. The first-order valence-corrected chi connectivity index (χ1v) is 12.7. The van der Waals surface area contributed by atoms with Crippen LogP contribution in [-0.4, -0.2) is 69.0 Å². The van der Waals surface area contributed by atoms with E-state index in [0.29, 0.717) is 35.9 Å². The molecule has 8 heteroatoms. The van der Waals surface area contributed by atoms with Gasteiger partial charge in [-0.1, -0.05) is 13.8 Å². The highest BCUT2D eigenvalue weighted by atomic mass is 16.7. The number of aliphatic hydroxyl groups excluding tert-OH is 3. The lowest BCUT2D eigenvalue weighted by atomic mass is 9.45. The van der Waals surface area contributed by atoms with Crippen LogP contribution in [-0.2, 0) is 19.1 Å². The Hall–Kier alpha value is -1.06. The van der Waals surface area contributed by atoms with E-state index < -0.39 is 36.7 Å². The average Bonchev–Trinajstić information content (AvgIpc) is 3.10. The van der Waals surface area contributed by atoms with Gasteiger partial charge in [-0.3, -0.25) is 4.79 Å². The van der Waals surface area contributed by atoms with E-state index in [9.17, 15) is 30.0 Å². The van der Waals surface area contributed by atoms with Crippen molar-refractivity contribution >= 4 is 11.8 Å². The third-order valence-electron chi connectivity index (χ3n) is 10.5. The summed E-state index contributed by atoms with van der Waals surface area (Å²) in [6.45, 7) is 4.66. The molecule has 0 aromatic rings. The fourth-order valence-electron chi connectivity index (χ4n) is 8.55. The smallest absolute Gasteiger partial charge is 0.335 e. The Balaban J connectivity index is 1.32. The molecule has 0 spiro atoms. The minimum absolute atomic E-state index is 0.113. The van der Waals surface area contributed by atoms with Crippen LogP contribution in [0.3, 0.4) is 0 Å². The zero-order chi connectivity index (χ0) is 23.7. The predicted octanol–water partition coefficient (Wildman–Crippen LogP) is 1.88. The summed E-state index contributed by atoms with van der Waals surface area (Å²) in [5.41, 5.74) is 0.117. The molecule has 1 heterocycles. The first kappa shape index (κ1) is 23.7. The molecule has 0 bridgehead atoms. The number of aliphatic hydroxyl groups is 3. The number of rotatable bonds is 3. The van der Waals surface area contributed by atoms with Crippen LogP contribution in [0.5, 0.6) is 0 Å². The number of carbonyl (C=O) groups is 2. The van der Waals surface area contributed by atoms with Crippen LogP contribution in [0.1, 0.15) is 71.6 Å². The van der Waals surface area contributed by atoms with Crippen LogP contribution in [0.4, 0.5) is 0 Å². The number of carboxylic acid groups (broad SMARTS) is 1. The fraction of sp³-hybridized carbons (Fsp3) is 0.920. The molecule has 0 aromatic heterocycles. The van der Waals surface area contributed by atoms with Gasteiger partial charge in [0.2, 0.25) is 0 Å². The summed E-state index contributed by atoms with van der Waals surface area (Å²) in [6.07, 6.45) is 0.569. The molecule has 5 unspecified atom stereocenters. The molecule has 0 amide bonds. The van der Waals surface area contributed by atoms with Crippen LogP contribution in [0.2, 0.25) is 0 Å². The molecule has 186 valence electrons. The van der Waals surface area contributed by atoms with Gasteiger partial charge in [-0.15, -0.1) is 0 Å². The maximum absolute atomic E-state index is 12.1. The minimum Gasteiger partial charge on any atom is -0.479 e. The van der Waals surface area contributed by atoms with Crippen molar-refractivity contribution in [2.24, 2.45) is 34.5 Å². The summed E-state index contributed by atoms with van der Waals surface area (Å²) in [4.78, 5) is 23.6. The molecule has 8 nitrogen and oxygen atoms in total. The van der Waals surface area contributed by atoms with E-state index in [0.717, 1.165) is 51.4 Å². The first-order valence-electron chi connectivity index (χ1n) is 12.7. The molecule has 5 rings (SSSR count). The lowest BCUT2D eigenvalue weighted by Gasteiger charge is -2.60. The number of ketones is 1. The maximum Gasteiger partial charge on any atom is 0.335 e. The maximum atomic E-state index is 12.1. The van der Waals surface area contributed by atoms with Crippen LogP contribution in [0, 0.1) is 34.5 Å². The summed E-state index contributed by atoms with van der Waals surface area (Å²) >= 11 is 0. The molecular weight excluding hydrogens is 428 g/mol. The Kier molecular flexibility index (Phi) is 5.93. The standard InChI is InChI=1S/C25H38O8/c1-24-9-7-13(26)11-12(24)3-4-14-15-5-6-17(25(15,2)10-8-16(14)24)32-23-20(29)18(27)19(28)21(33-23)22(30)31/h12,14-21,23,27-29H,3-11H2,1-2H3,(H,30,31)/t12?,14?,15?,16?,17-,18-,19-,20+,21-,23?,24-,25-/m0/s1. The Morgan fingerprint density at radius 1 is 0.939 bits per heavy atom. The number of ether oxygens (including phenoxy) is 2. The summed E-state index contributed by atoms with van der Waals surface area (Å²) in [5.74, 6) is 1.21. The normalized spacial score (nSPS) is 54.3. The number of fused-ring (bicyclic) bond motifs is 5. The van der Waals surface area contributed by atoms with Crippen LogP contribution in [0.15, 0.2) is 0 Å². The highest BCUT2D eigenvalue weighted by molar-refractivity contribution is 5.79. The molecule has 1 saturated heterocycles. The highest BCUT2D eigenvalue weighted by Crippen LogP contribution is 2.66. The number of carbonyl (C=O) groups excluding carboxylic acids is 1. The first-order chi connectivity index (χ1) is 15.6. The quantitative estimate of drug-likeness (QED) is 0.495. The largest absolute Gasteiger partial charge is 0.479 e. The topological polar surface area (TPSA) is 134 Å². The molecule has 33 heavy (non-hydrogen) atoms. The number of Topliss-reactive ketones (excluding diaryl/α,β-unsaturated/α-hetero) is 1. The van der Waals surface area contributed by atoms with E-state index in [2.05, 4.69) is 13.8 Å². The van der Waals surface area contributed by atoms with Gasteiger partial charge in [0.25, 0.3) is 0 Å². The number of carboxylic acids is 1. The molecule has 4 saturated carbocycles. The Morgan fingerprint density at radius 2 is 1.67 bits per heavy atom. The van der Waals surface area contributed by atoms with Crippen LogP contribution >= 0.6 is 0 Å². The molecule has 4 aliphatic carbocycles. The molecule has 5 fully saturated rings. The fourth-order valence-corrected chi connectivity index (χ4v) is 8.55. The second kappa shape index (κ2) is 8.26. The van der Waals surface area contributed by atoms with Gasteiger partial charge in [0.1, 0.15) is 24.1 Å². The van der Waals surface area contributed by atoms with Gasteiger partial charge in [0.15, 0.2) is 12.4 Å². The lowest BCUT2D eigenvalue weighted by molar-refractivity contribution is -0.313. The predicted molar refractivity (Wildman–Crippen MR) is 116 cm³/mol.